The molecule has 0 bridgehead atoms. The van der Waals surface area contributed by atoms with Crippen molar-refractivity contribution < 1.29 is 4.79 Å². The van der Waals surface area contributed by atoms with Crippen LogP contribution in [0, 0.1) is 0 Å². The first-order valence-corrected chi connectivity index (χ1v) is 3.35. The summed E-state index contributed by atoms with van der Waals surface area (Å²) in [4.78, 5) is 23.4. The normalized spacial score (nSPS) is 10.3. The molecule has 1 heterocycles. The van der Waals surface area contributed by atoms with Crippen LogP contribution in [0.15, 0.2) is 29.2 Å². The number of pyridine rings is 1. The Morgan fingerprint density at radius 1 is 1.50 bits per heavy atom. The molecule has 0 spiro atoms. The van der Waals surface area contributed by atoms with E-state index in [4.69, 9.17) is 5.73 Å². The van der Waals surface area contributed by atoms with Gasteiger partial charge in [0.1, 0.15) is 0 Å². The molecule has 0 aromatic carbocycles. The molecule has 1 amide bonds. The Labute approximate surface area is 68.7 Å². The lowest BCUT2D eigenvalue weighted by molar-refractivity contribution is -0.113. The summed E-state index contributed by atoms with van der Waals surface area (Å²) in [6, 6.07) is 2.97. The lowest BCUT2D eigenvalue weighted by Crippen LogP contribution is -2.05. The highest BCUT2D eigenvalue weighted by Gasteiger charge is 1.87. The van der Waals surface area contributed by atoms with Crippen LogP contribution in [0.1, 0.15) is 5.56 Å². The fraction of sp³-hybridized carbons (Fsp3) is 0. The fourth-order valence-electron chi connectivity index (χ4n) is 0.705. The van der Waals surface area contributed by atoms with E-state index in [0.29, 0.717) is 0 Å². The third-order valence-electron chi connectivity index (χ3n) is 1.25. The van der Waals surface area contributed by atoms with Crippen molar-refractivity contribution >= 4 is 12.0 Å². The Kier molecular flexibility index (Phi) is 2.42. The molecule has 0 saturated heterocycles. The van der Waals surface area contributed by atoms with Gasteiger partial charge in [0, 0.05) is 18.3 Å². The zero-order valence-electron chi connectivity index (χ0n) is 6.28. The number of hydrogen-bond acceptors (Lipinski definition) is 2. The summed E-state index contributed by atoms with van der Waals surface area (Å²) in [5.41, 5.74) is 5.43. The molecule has 0 aliphatic heterocycles. The molecular weight excluding hydrogens is 156 g/mol. The van der Waals surface area contributed by atoms with Gasteiger partial charge in [-0.25, -0.2) is 0 Å². The second kappa shape index (κ2) is 3.52. The monoisotopic (exact) mass is 164 g/mol. The average molecular weight is 164 g/mol. The fourth-order valence-corrected chi connectivity index (χ4v) is 0.705. The molecule has 0 aliphatic carbocycles. The second-order valence-corrected chi connectivity index (χ2v) is 2.22. The minimum absolute atomic E-state index is 0.175. The van der Waals surface area contributed by atoms with Gasteiger partial charge in [-0.05, 0) is 17.7 Å². The number of aromatic nitrogens is 1. The van der Waals surface area contributed by atoms with Gasteiger partial charge in [-0.3, -0.25) is 9.59 Å². The number of nitrogens with two attached hydrogens (primary N) is 1. The van der Waals surface area contributed by atoms with E-state index in [-0.39, 0.29) is 5.56 Å². The molecule has 12 heavy (non-hydrogen) atoms. The number of H-pyrrole nitrogens is 1. The van der Waals surface area contributed by atoms with E-state index in [1.165, 1.54) is 24.4 Å². The first-order valence-electron chi connectivity index (χ1n) is 3.35. The van der Waals surface area contributed by atoms with E-state index in [2.05, 4.69) is 4.98 Å². The molecule has 0 atom stereocenters. The molecule has 4 nitrogen and oxygen atoms in total. The van der Waals surface area contributed by atoms with Crippen LogP contribution >= 0.6 is 0 Å². The Hall–Kier alpha value is -1.84. The van der Waals surface area contributed by atoms with Crippen LogP contribution in [0.2, 0.25) is 0 Å². The van der Waals surface area contributed by atoms with Gasteiger partial charge < -0.3 is 10.7 Å². The summed E-state index contributed by atoms with van der Waals surface area (Å²) in [5, 5.41) is 0. The Morgan fingerprint density at radius 2 is 2.25 bits per heavy atom. The molecule has 62 valence electrons. The number of aromatic amines is 1. The van der Waals surface area contributed by atoms with Crippen LogP contribution in [0.4, 0.5) is 0 Å². The second-order valence-electron chi connectivity index (χ2n) is 2.22. The average Bonchev–Trinajstić information content (AvgIpc) is 2.03. The maximum atomic E-state index is 10.6. The van der Waals surface area contributed by atoms with Gasteiger partial charge >= 0.3 is 0 Å². The molecule has 0 saturated carbocycles. The van der Waals surface area contributed by atoms with Crippen LogP contribution in [0.3, 0.4) is 0 Å². The number of primary amides is 1. The van der Waals surface area contributed by atoms with Gasteiger partial charge in [-0.2, -0.15) is 0 Å². The van der Waals surface area contributed by atoms with E-state index in [9.17, 15) is 9.59 Å². The van der Waals surface area contributed by atoms with Crippen molar-refractivity contribution in [3.05, 3.63) is 40.3 Å². The number of carbonyl (C=O) groups excluding carboxylic acids is 1. The number of nitrogens with one attached hydrogen (secondary N) is 1. The van der Waals surface area contributed by atoms with Crippen LogP contribution in [-0.4, -0.2) is 10.9 Å². The van der Waals surface area contributed by atoms with Crippen molar-refractivity contribution in [2.45, 2.75) is 0 Å². The van der Waals surface area contributed by atoms with Gasteiger partial charge in [0.25, 0.3) is 0 Å². The third-order valence-corrected chi connectivity index (χ3v) is 1.25. The van der Waals surface area contributed by atoms with E-state index in [1.807, 2.05) is 0 Å². The van der Waals surface area contributed by atoms with E-state index >= 15 is 0 Å². The molecule has 4 heteroatoms. The van der Waals surface area contributed by atoms with Crippen LogP contribution in [0.25, 0.3) is 6.08 Å². The molecule has 1 aromatic rings. The summed E-state index contributed by atoms with van der Waals surface area (Å²) in [7, 11) is 0. The Morgan fingerprint density at radius 3 is 2.75 bits per heavy atom. The zero-order valence-corrected chi connectivity index (χ0v) is 6.28. The van der Waals surface area contributed by atoms with E-state index < -0.39 is 5.91 Å². The minimum atomic E-state index is -0.513. The summed E-state index contributed by atoms with van der Waals surface area (Å²) in [5.74, 6) is -0.513. The van der Waals surface area contributed by atoms with Crippen LogP contribution in [-0.2, 0) is 4.79 Å². The first-order chi connectivity index (χ1) is 5.68. The van der Waals surface area contributed by atoms with Gasteiger partial charge in [0.2, 0.25) is 11.5 Å². The van der Waals surface area contributed by atoms with Crippen molar-refractivity contribution in [2.24, 2.45) is 5.73 Å². The van der Waals surface area contributed by atoms with Crippen molar-refractivity contribution in [1.82, 2.24) is 4.98 Å². The molecule has 0 aliphatic rings. The van der Waals surface area contributed by atoms with Gasteiger partial charge in [-0.15, -0.1) is 0 Å². The SMILES string of the molecule is NC(=O)/C=C\c1ccc(=O)[nH]c1. The quantitative estimate of drug-likeness (QED) is 0.597. The van der Waals surface area contributed by atoms with Crippen LogP contribution in [0.5, 0.6) is 0 Å². The highest BCUT2D eigenvalue weighted by molar-refractivity contribution is 5.90. The molecule has 0 radical (unpaired) electrons. The highest BCUT2D eigenvalue weighted by atomic mass is 16.1. The number of hydrogen-bond donors (Lipinski definition) is 2. The summed E-state index contributed by atoms with van der Waals surface area (Å²) in [6.45, 7) is 0. The topological polar surface area (TPSA) is 76.0 Å². The lowest BCUT2D eigenvalue weighted by atomic mass is 10.2. The zero-order chi connectivity index (χ0) is 8.97. The Balaban J connectivity index is 2.84. The molecule has 0 unspecified atom stereocenters. The predicted molar refractivity (Wildman–Crippen MR) is 45.3 cm³/mol. The number of carbonyl (C=O) groups is 1. The predicted octanol–water partition coefficient (Wildman–Crippen LogP) is -0.127. The highest BCUT2D eigenvalue weighted by Crippen LogP contribution is 1.95. The molecule has 3 N–H and O–H groups in total. The van der Waals surface area contributed by atoms with Crippen molar-refractivity contribution in [3.63, 3.8) is 0 Å². The van der Waals surface area contributed by atoms with Crippen LogP contribution < -0.4 is 11.3 Å². The molecule has 1 aromatic heterocycles. The molecule has 0 fully saturated rings. The van der Waals surface area contributed by atoms with Gasteiger partial charge in [0.15, 0.2) is 0 Å². The molecule has 1 rings (SSSR count). The maximum Gasteiger partial charge on any atom is 0.247 e. The Bertz CT molecular complexity index is 345. The molecular formula is C8H8N2O2. The first kappa shape index (κ1) is 8.26. The number of rotatable bonds is 2. The minimum Gasteiger partial charge on any atom is -0.366 e. The van der Waals surface area contributed by atoms with Gasteiger partial charge in [-0.1, -0.05) is 0 Å². The van der Waals surface area contributed by atoms with E-state index in [0.717, 1.165) is 5.56 Å². The standard InChI is InChI=1S/C8H8N2O2/c9-7(11)3-1-6-2-4-8(12)10-5-6/h1-5H,(H2,9,11)(H,10,12)/b3-1-. The summed E-state index contributed by atoms with van der Waals surface area (Å²) < 4.78 is 0. The van der Waals surface area contributed by atoms with Gasteiger partial charge in [0.05, 0.1) is 0 Å². The largest absolute Gasteiger partial charge is 0.366 e. The smallest absolute Gasteiger partial charge is 0.247 e. The number of amides is 1. The van der Waals surface area contributed by atoms with Crippen molar-refractivity contribution in [1.29, 1.82) is 0 Å². The van der Waals surface area contributed by atoms with Crippen molar-refractivity contribution in [2.75, 3.05) is 0 Å². The third kappa shape index (κ3) is 2.42. The van der Waals surface area contributed by atoms with E-state index in [1.54, 1.807) is 6.07 Å². The summed E-state index contributed by atoms with van der Waals surface area (Å²) in [6.07, 6.45) is 4.26. The van der Waals surface area contributed by atoms with Crippen molar-refractivity contribution in [3.8, 4) is 0 Å². The lowest BCUT2D eigenvalue weighted by Gasteiger charge is -1.88. The summed E-state index contributed by atoms with van der Waals surface area (Å²) >= 11 is 0. The maximum absolute atomic E-state index is 10.6.